The van der Waals surface area contributed by atoms with Crippen molar-refractivity contribution in [2.24, 2.45) is 0 Å². The number of aromatic nitrogens is 2. The zero-order valence-electron chi connectivity index (χ0n) is 12.1. The number of thiazole rings is 1. The lowest BCUT2D eigenvalue weighted by Gasteiger charge is -2.15. The second-order valence-corrected chi connectivity index (χ2v) is 5.72. The molecule has 8 heteroatoms. The van der Waals surface area contributed by atoms with Gasteiger partial charge in [0.05, 0.1) is 11.7 Å². The van der Waals surface area contributed by atoms with Crippen molar-refractivity contribution in [1.29, 1.82) is 0 Å². The van der Waals surface area contributed by atoms with E-state index < -0.39 is 11.9 Å². The molecule has 120 valence electrons. The highest BCUT2D eigenvalue weighted by Gasteiger charge is 2.34. The summed E-state index contributed by atoms with van der Waals surface area (Å²) in [4.78, 5) is 7.86. The first-order chi connectivity index (χ1) is 10.3. The molecule has 0 radical (unpaired) electrons. The maximum Gasteiger partial charge on any atom is 0.434 e. The molecule has 2 heterocycles. The average Bonchev–Trinajstić information content (AvgIpc) is 2.93. The third-order valence-electron chi connectivity index (χ3n) is 3.12. The molecule has 2 aromatic heterocycles. The quantitative estimate of drug-likeness (QED) is 0.875. The van der Waals surface area contributed by atoms with Crippen molar-refractivity contribution in [3.63, 3.8) is 0 Å². The van der Waals surface area contributed by atoms with Gasteiger partial charge >= 0.3 is 6.18 Å². The zero-order chi connectivity index (χ0) is 16.3. The Hall–Kier alpha value is -1.67. The molecule has 0 amide bonds. The fraction of sp³-hybridized carbons (Fsp3) is 0.429. The Labute approximate surface area is 130 Å². The lowest BCUT2D eigenvalue weighted by Crippen LogP contribution is -2.21. The Morgan fingerprint density at radius 3 is 2.64 bits per heavy atom. The predicted molar refractivity (Wildman–Crippen MR) is 77.6 cm³/mol. The molecule has 2 N–H and O–H groups in total. The van der Waals surface area contributed by atoms with Gasteiger partial charge in [0.1, 0.15) is 10.8 Å². The summed E-state index contributed by atoms with van der Waals surface area (Å²) in [7, 11) is 0. The first-order valence-electron chi connectivity index (χ1n) is 6.72. The van der Waals surface area contributed by atoms with Crippen molar-refractivity contribution in [2.45, 2.75) is 39.0 Å². The van der Waals surface area contributed by atoms with E-state index in [0.29, 0.717) is 17.1 Å². The molecule has 0 saturated carbocycles. The fourth-order valence-corrected chi connectivity index (χ4v) is 2.92. The van der Waals surface area contributed by atoms with Crippen molar-refractivity contribution in [3.05, 3.63) is 39.6 Å². The second kappa shape index (κ2) is 6.62. The molecular formula is C14H16F3N3OS. The molecule has 0 saturated heterocycles. The largest absolute Gasteiger partial charge is 0.506 e. The number of hydrogen-bond donors (Lipinski definition) is 2. The van der Waals surface area contributed by atoms with Crippen LogP contribution >= 0.6 is 11.3 Å². The van der Waals surface area contributed by atoms with Crippen LogP contribution in [0.1, 0.15) is 41.5 Å². The van der Waals surface area contributed by atoms with E-state index in [4.69, 9.17) is 0 Å². The summed E-state index contributed by atoms with van der Waals surface area (Å²) in [6.45, 7) is 3.92. The van der Waals surface area contributed by atoms with Gasteiger partial charge in [-0.1, -0.05) is 6.92 Å². The summed E-state index contributed by atoms with van der Waals surface area (Å²) in [6.07, 6.45) is -3.85. The Balaban J connectivity index is 2.09. The van der Waals surface area contributed by atoms with Crippen LogP contribution in [-0.4, -0.2) is 15.1 Å². The van der Waals surface area contributed by atoms with Gasteiger partial charge in [-0.15, -0.1) is 11.3 Å². The van der Waals surface area contributed by atoms with Crippen LogP contribution in [-0.2, 0) is 12.7 Å². The number of aryl methyl sites for hydroxylation is 1. The SMILES string of the molecule is CCC(NCc1nc(C)ccc1O)c1nc(C(F)(F)F)cs1. The zero-order valence-corrected chi connectivity index (χ0v) is 12.9. The number of aromatic hydroxyl groups is 1. The highest BCUT2D eigenvalue weighted by atomic mass is 32.1. The van der Waals surface area contributed by atoms with Crippen LogP contribution in [0.3, 0.4) is 0 Å². The van der Waals surface area contributed by atoms with Crippen molar-refractivity contribution in [2.75, 3.05) is 0 Å². The Kier molecular flexibility index (Phi) is 5.02. The van der Waals surface area contributed by atoms with E-state index >= 15 is 0 Å². The van der Waals surface area contributed by atoms with Crippen LogP contribution in [0, 0.1) is 6.92 Å². The average molecular weight is 331 g/mol. The molecule has 2 aromatic rings. The van der Waals surface area contributed by atoms with Gasteiger partial charge in [-0.3, -0.25) is 4.98 Å². The van der Waals surface area contributed by atoms with E-state index in [1.807, 2.05) is 6.92 Å². The molecule has 0 bridgehead atoms. The van der Waals surface area contributed by atoms with Crippen LogP contribution in [0.4, 0.5) is 13.2 Å². The monoisotopic (exact) mass is 331 g/mol. The Morgan fingerprint density at radius 1 is 1.32 bits per heavy atom. The maximum absolute atomic E-state index is 12.6. The number of pyridine rings is 1. The molecule has 0 aliphatic carbocycles. The van der Waals surface area contributed by atoms with Crippen LogP contribution in [0.15, 0.2) is 17.5 Å². The van der Waals surface area contributed by atoms with Gasteiger partial charge in [0.15, 0.2) is 5.69 Å². The molecule has 0 spiro atoms. The number of rotatable bonds is 5. The van der Waals surface area contributed by atoms with Gasteiger partial charge in [0, 0.05) is 17.6 Å². The van der Waals surface area contributed by atoms with Crippen LogP contribution < -0.4 is 5.32 Å². The van der Waals surface area contributed by atoms with E-state index in [-0.39, 0.29) is 18.3 Å². The van der Waals surface area contributed by atoms with Crippen molar-refractivity contribution < 1.29 is 18.3 Å². The second-order valence-electron chi connectivity index (χ2n) is 4.83. The number of hydrogen-bond acceptors (Lipinski definition) is 5. The van der Waals surface area contributed by atoms with Gasteiger partial charge in [0.25, 0.3) is 0 Å². The summed E-state index contributed by atoms with van der Waals surface area (Å²) in [5, 5.41) is 14.2. The molecule has 1 atom stereocenters. The minimum absolute atomic E-state index is 0.0584. The molecule has 0 fully saturated rings. The lowest BCUT2D eigenvalue weighted by atomic mass is 10.2. The van der Waals surface area contributed by atoms with Crippen LogP contribution in [0.2, 0.25) is 0 Å². The van der Waals surface area contributed by atoms with Crippen molar-refractivity contribution in [1.82, 2.24) is 15.3 Å². The van der Waals surface area contributed by atoms with Gasteiger partial charge in [-0.2, -0.15) is 13.2 Å². The molecular weight excluding hydrogens is 315 g/mol. The molecule has 1 unspecified atom stereocenters. The van der Waals surface area contributed by atoms with Gasteiger partial charge < -0.3 is 10.4 Å². The molecule has 0 aromatic carbocycles. The molecule has 0 aliphatic rings. The molecule has 0 aliphatic heterocycles. The first-order valence-corrected chi connectivity index (χ1v) is 7.60. The summed E-state index contributed by atoms with van der Waals surface area (Å²) in [5.41, 5.74) is 0.353. The number of nitrogens with one attached hydrogen (secondary N) is 1. The summed E-state index contributed by atoms with van der Waals surface area (Å²) in [5.74, 6) is 0.0584. The number of nitrogens with zero attached hydrogens (tertiary/aromatic N) is 2. The van der Waals surface area contributed by atoms with Gasteiger partial charge in [-0.25, -0.2) is 4.98 Å². The first kappa shape index (κ1) is 16.7. The topological polar surface area (TPSA) is 58.0 Å². The van der Waals surface area contributed by atoms with Gasteiger partial charge in [0.2, 0.25) is 0 Å². The van der Waals surface area contributed by atoms with E-state index in [1.165, 1.54) is 0 Å². The highest BCUT2D eigenvalue weighted by Crippen LogP contribution is 2.32. The summed E-state index contributed by atoms with van der Waals surface area (Å²) < 4.78 is 37.8. The lowest BCUT2D eigenvalue weighted by molar-refractivity contribution is -0.140. The van der Waals surface area contributed by atoms with E-state index in [0.717, 1.165) is 22.4 Å². The van der Waals surface area contributed by atoms with Crippen LogP contribution in [0.5, 0.6) is 5.75 Å². The summed E-state index contributed by atoms with van der Waals surface area (Å²) in [6, 6.07) is 2.92. The van der Waals surface area contributed by atoms with E-state index in [2.05, 4.69) is 15.3 Å². The minimum Gasteiger partial charge on any atom is -0.506 e. The molecule has 2 rings (SSSR count). The minimum atomic E-state index is -4.43. The Bertz CT molecular complexity index is 643. The van der Waals surface area contributed by atoms with E-state index in [9.17, 15) is 18.3 Å². The summed E-state index contributed by atoms with van der Waals surface area (Å²) >= 11 is 0.975. The van der Waals surface area contributed by atoms with Crippen LogP contribution in [0.25, 0.3) is 0 Å². The third kappa shape index (κ3) is 3.95. The predicted octanol–water partition coefficient (Wildman–Crippen LogP) is 3.81. The third-order valence-corrected chi connectivity index (χ3v) is 4.08. The van der Waals surface area contributed by atoms with E-state index in [1.54, 1.807) is 19.1 Å². The van der Waals surface area contributed by atoms with Gasteiger partial charge in [-0.05, 0) is 25.5 Å². The fourth-order valence-electron chi connectivity index (χ4n) is 1.94. The Morgan fingerprint density at radius 2 is 2.05 bits per heavy atom. The van der Waals surface area contributed by atoms with Crippen molar-refractivity contribution >= 4 is 11.3 Å². The smallest absolute Gasteiger partial charge is 0.434 e. The number of alkyl halides is 3. The van der Waals surface area contributed by atoms with Crippen molar-refractivity contribution in [3.8, 4) is 5.75 Å². The maximum atomic E-state index is 12.6. The molecule has 4 nitrogen and oxygen atoms in total. The standard InChI is InChI=1S/C14H16F3N3OS/c1-3-9(13-20-12(7-22-13)14(15,16)17)18-6-10-11(21)5-4-8(2)19-10/h4-5,7,9,18,21H,3,6H2,1-2H3. The normalized spacial score (nSPS) is 13.3. The highest BCUT2D eigenvalue weighted by molar-refractivity contribution is 7.09. The number of halogens is 3. The molecule has 22 heavy (non-hydrogen) atoms.